The summed E-state index contributed by atoms with van der Waals surface area (Å²) in [5, 5.41) is 0. The Morgan fingerprint density at radius 2 is 1.05 bits per heavy atom. The summed E-state index contributed by atoms with van der Waals surface area (Å²) in [7, 11) is 0. The highest BCUT2D eigenvalue weighted by molar-refractivity contribution is 4.84. The van der Waals surface area contributed by atoms with Gasteiger partial charge in [-0.25, -0.2) is 0 Å². The van der Waals surface area contributed by atoms with Crippen molar-refractivity contribution in [2.75, 3.05) is 0 Å². The largest absolute Gasteiger partial charge is 0.0649 e. The molecule has 3 unspecified atom stereocenters. The molecule has 0 aliphatic rings. The molecule has 0 fully saturated rings. The van der Waals surface area contributed by atoms with Gasteiger partial charge in [-0.15, -0.1) is 0 Å². The SMILES string of the molecule is CCC(C)(CC)C(C)CC(C)C(C)C(C)(CC)CC. The number of hydrogen-bond acceptors (Lipinski definition) is 0. The fourth-order valence-corrected chi connectivity index (χ4v) is 3.57. The molecule has 0 aromatic heterocycles. The highest BCUT2D eigenvalue weighted by atomic mass is 14.4. The van der Waals surface area contributed by atoms with Gasteiger partial charge in [-0.05, 0) is 35.0 Å². The minimum atomic E-state index is 0.522. The third-order valence-electron chi connectivity index (χ3n) is 7.10. The van der Waals surface area contributed by atoms with E-state index in [0.29, 0.717) is 10.8 Å². The molecule has 0 saturated carbocycles. The molecule has 0 aliphatic carbocycles. The molecule has 0 spiro atoms. The highest BCUT2D eigenvalue weighted by Gasteiger charge is 2.34. The summed E-state index contributed by atoms with van der Waals surface area (Å²) >= 11 is 0. The number of hydrogen-bond donors (Lipinski definition) is 0. The molecule has 116 valence electrons. The van der Waals surface area contributed by atoms with E-state index in [1.54, 1.807) is 0 Å². The van der Waals surface area contributed by atoms with E-state index in [1.807, 2.05) is 0 Å². The van der Waals surface area contributed by atoms with Crippen molar-refractivity contribution in [2.45, 2.75) is 94.4 Å². The second-order valence-electron chi connectivity index (χ2n) is 7.62. The summed E-state index contributed by atoms with van der Waals surface area (Å²) in [6.07, 6.45) is 6.62. The van der Waals surface area contributed by atoms with Gasteiger partial charge < -0.3 is 0 Å². The molecular weight excluding hydrogens is 228 g/mol. The zero-order chi connectivity index (χ0) is 15.3. The van der Waals surface area contributed by atoms with Gasteiger partial charge in [0.25, 0.3) is 0 Å². The van der Waals surface area contributed by atoms with Crippen LogP contribution in [0.2, 0.25) is 0 Å². The molecule has 0 heterocycles. The monoisotopic (exact) mass is 268 g/mol. The summed E-state index contributed by atoms with van der Waals surface area (Å²) in [5.41, 5.74) is 1.05. The molecule has 0 aromatic carbocycles. The first-order valence-corrected chi connectivity index (χ1v) is 8.70. The molecule has 19 heavy (non-hydrogen) atoms. The second kappa shape index (κ2) is 7.70. The Kier molecular flexibility index (Phi) is 7.70. The Hall–Kier alpha value is 0. The second-order valence-corrected chi connectivity index (χ2v) is 7.62. The van der Waals surface area contributed by atoms with Crippen LogP contribution in [0.4, 0.5) is 0 Å². The van der Waals surface area contributed by atoms with Crippen molar-refractivity contribution in [3.8, 4) is 0 Å². The van der Waals surface area contributed by atoms with Gasteiger partial charge >= 0.3 is 0 Å². The van der Waals surface area contributed by atoms with Gasteiger partial charge in [0.05, 0.1) is 0 Å². The van der Waals surface area contributed by atoms with E-state index < -0.39 is 0 Å². The zero-order valence-corrected chi connectivity index (χ0v) is 15.3. The van der Waals surface area contributed by atoms with Crippen molar-refractivity contribution in [3.63, 3.8) is 0 Å². The smallest absolute Gasteiger partial charge is 0.0303 e. The van der Waals surface area contributed by atoms with Gasteiger partial charge in [0.1, 0.15) is 0 Å². The van der Waals surface area contributed by atoms with Crippen LogP contribution in [0.15, 0.2) is 0 Å². The minimum Gasteiger partial charge on any atom is -0.0649 e. The lowest BCUT2D eigenvalue weighted by atomic mass is 9.64. The fraction of sp³-hybridized carbons (Fsp3) is 1.00. The van der Waals surface area contributed by atoms with Gasteiger partial charge in [-0.1, -0.05) is 88.0 Å². The van der Waals surface area contributed by atoms with Crippen molar-refractivity contribution < 1.29 is 0 Å². The molecule has 0 saturated heterocycles. The Balaban J connectivity index is 4.73. The molecule has 0 aromatic rings. The number of rotatable bonds is 9. The Labute approximate surface area is 123 Å². The van der Waals surface area contributed by atoms with Crippen LogP contribution in [0.3, 0.4) is 0 Å². The van der Waals surface area contributed by atoms with Crippen LogP contribution in [0.1, 0.15) is 94.4 Å². The third-order valence-corrected chi connectivity index (χ3v) is 7.10. The Morgan fingerprint density at radius 3 is 1.37 bits per heavy atom. The molecule has 0 nitrogen and oxygen atoms in total. The van der Waals surface area contributed by atoms with E-state index >= 15 is 0 Å². The molecule has 0 N–H and O–H groups in total. The maximum Gasteiger partial charge on any atom is -0.0303 e. The lowest BCUT2D eigenvalue weighted by molar-refractivity contribution is 0.0852. The molecule has 0 rings (SSSR count). The molecule has 0 heteroatoms. The first kappa shape index (κ1) is 19.0. The molecule has 3 atom stereocenters. The lowest BCUT2D eigenvalue weighted by Crippen LogP contribution is -2.32. The molecular formula is C19H40. The van der Waals surface area contributed by atoms with Crippen molar-refractivity contribution in [1.82, 2.24) is 0 Å². The predicted octanol–water partition coefficient (Wildman–Crippen LogP) is 6.94. The van der Waals surface area contributed by atoms with Crippen LogP contribution in [0, 0.1) is 28.6 Å². The average molecular weight is 269 g/mol. The van der Waals surface area contributed by atoms with Gasteiger partial charge in [-0.2, -0.15) is 0 Å². The van der Waals surface area contributed by atoms with E-state index in [1.165, 1.54) is 32.1 Å². The van der Waals surface area contributed by atoms with E-state index in [9.17, 15) is 0 Å². The Morgan fingerprint density at radius 1 is 0.684 bits per heavy atom. The molecule has 0 bridgehead atoms. The first-order valence-electron chi connectivity index (χ1n) is 8.70. The van der Waals surface area contributed by atoms with Gasteiger partial charge in [0.2, 0.25) is 0 Å². The summed E-state index contributed by atoms with van der Waals surface area (Å²) in [6, 6.07) is 0. The van der Waals surface area contributed by atoms with E-state index in [-0.39, 0.29) is 0 Å². The van der Waals surface area contributed by atoms with Gasteiger partial charge in [0.15, 0.2) is 0 Å². The minimum absolute atomic E-state index is 0.522. The van der Waals surface area contributed by atoms with Gasteiger partial charge in [0, 0.05) is 0 Å². The lowest BCUT2D eigenvalue weighted by Gasteiger charge is -2.41. The van der Waals surface area contributed by atoms with Crippen LogP contribution in [-0.2, 0) is 0 Å². The third kappa shape index (κ3) is 4.50. The summed E-state index contributed by atoms with van der Waals surface area (Å²) in [5.74, 6) is 2.48. The zero-order valence-electron chi connectivity index (χ0n) is 15.3. The highest BCUT2D eigenvalue weighted by Crippen LogP contribution is 2.44. The van der Waals surface area contributed by atoms with E-state index in [2.05, 4.69) is 62.3 Å². The Bertz CT molecular complexity index is 232. The van der Waals surface area contributed by atoms with Crippen LogP contribution in [-0.4, -0.2) is 0 Å². The quantitative estimate of drug-likeness (QED) is 0.425. The van der Waals surface area contributed by atoms with Crippen LogP contribution >= 0.6 is 0 Å². The first-order chi connectivity index (χ1) is 8.70. The van der Waals surface area contributed by atoms with Crippen LogP contribution in [0.5, 0.6) is 0 Å². The van der Waals surface area contributed by atoms with E-state index in [4.69, 9.17) is 0 Å². The maximum absolute atomic E-state index is 2.49. The summed E-state index contributed by atoms with van der Waals surface area (Å²) < 4.78 is 0. The van der Waals surface area contributed by atoms with Crippen molar-refractivity contribution in [2.24, 2.45) is 28.6 Å². The summed E-state index contributed by atoms with van der Waals surface area (Å²) in [4.78, 5) is 0. The summed E-state index contributed by atoms with van der Waals surface area (Å²) in [6.45, 7) is 21.8. The molecule has 0 radical (unpaired) electrons. The topological polar surface area (TPSA) is 0 Å². The molecule has 0 amide bonds. The van der Waals surface area contributed by atoms with Crippen molar-refractivity contribution >= 4 is 0 Å². The normalized spacial score (nSPS) is 18.2. The maximum atomic E-state index is 2.49. The molecule has 0 aliphatic heterocycles. The van der Waals surface area contributed by atoms with Gasteiger partial charge in [-0.3, -0.25) is 0 Å². The fourth-order valence-electron chi connectivity index (χ4n) is 3.57. The van der Waals surface area contributed by atoms with Crippen molar-refractivity contribution in [3.05, 3.63) is 0 Å². The predicted molar refractivity (Wildman–Crippen MR) is 89.5 cm³/mol. The van der Waals surface area contributed by atoms with Crippen molar-refractivity contribution in [1.29, 1.82) is 0 Å². The average Bonchev–Trinajstić information content (AvgIpc) is 2.44. The van der Waals surface area contributed by atoms with E-state index in [0.717, 1.165) is 17.8 Å². The standard InChI is InChI=1S/C19H40/c1-10-18(8,11-2)16(6)14-15(5)17(7)19(9,12-3)13-4/h15-17H,10-14H2,1-9H3. The van der Waals surface area contributed by atoms with Crippen LogP contribution < -0.4 is 0 Å². The van der Waals surface area contributed by atoms with Crippen LogP contribution in [0.25, 0.3) is 0 Å².